The van der Waals surface area contributed by atoms with Crippen LogP contribution in [-0.4, -0.2) is 4.98 Å². The molecule has 2 rings (SSSR count). The first-order chi connectivity index (χ1) is 8.00. The highest BCUT2D eigenvalue weighted by Gasteiger charge is 2.25. The standard InChI is InChI=1S/C13H12F2N2/c1-13(16,9-3-2-4-17-8-9)10-5-11(14)7-12(15)6-10/h2-8H,16H2,1H3. The molecule has 2 nitrogen and oxygen atoms in total. The summed E-state index contributed by atoms with van der Waals surface area (Å²) < 4.78 is 26.3. The highest BCUT2D eigenvalue weighted by Crippen LogP contribution is 2.26. The van der Waals surface area contributed by atoms with Gasteiger partial charge in [-0.3, -0.25) is 4.98 Å². The van der Waals surface area contributed by atoms with Crippen molar-refractivity contribution in [3.8, 4) is 0 Å². The summed E-state index contributed by atoms with van der Waals surface area (Å²) in [6, 6.07) is 6.79. The molecule has 17 heavy (non-hydrogen) atoms. The lowest BCUT2D eigenvalue weighted by atomic mass is 9.86. The van der Waals surface area contributed by atoms with Crippen molar-refractivity contribution in [3.63, 3.8) is 0 Å². The summed E-state index contributed by atoms with van der Waals surface area (Å²) in [4.78, 5) is 3.95. The molecule has 2 N–H and O–H groups in total. The fourth-order valence-electron chi connectivity index (χ4n) is 1.69. The molecular weight excluding hydrogens is 222 g/mol. The molecule has 0 bridgehead atoms. The lowest BCUT2D eigenvalue weighted by molar-refractivity contribution is 0.549. The van der Waals surface area contributed by atoms with E-state index in [1.54, 1.807) is 31.5 Å². The van der Waals surface area contributed by atoms with Gasteiger partial charge in [0.2, 0.25) is 0 Å². The molecule has 0 radical (unpaired) electrons. The first kappa shape index (κ1) is 11.7. The minimum Gasteiger partial charge on any atom is -0.318 e. The van der Waals surface area contributed by atoms with Crippen LogP contribution in [0.15, 0.2) is 42.7 Å². The summed E-state index contributed by atoms with van der Waals surface area (Å²) in [7, 11) is 0. The molecule has 0 amide bonds. The Hall–Kier alpha value is -1.81. The van der Waals surface area contributed by atoms with E-state index in [9.17, 15) is 8.78 Å². The minimum atomic E-state index is -0.975. The van der Waals surface area contributed by atoms with Crippen molar-refractivity contribution in [1.82, 2.24) is 4.98 Å². The predicted molar refractivity (Wildman–Crippen MR) is 61.2 cm³/mol. The van der Waals surface area contributed by atoms with Gasteiger partial charge in [0.1, 0.15) is 11.6 Å². The molecule has 1 atom stereocenters. The van der Waals surface area contributed by atoms with Gasteiger partial charge in [-0.05, 0) is 36.2 Å². The Morgan fingerprint density at radius 1 is 1.12 bits per heavy atom. The number of benzene rings is 1. The van der Waals surface area contributed by atoms with E-state index >= 15 is 0 Å². The lowest BCUT2D eigenvalue weighted by Crippen LogP contribution is -2.34. The Balaban J connectivity index is 2.51. The zero-order valence-corrected chi connectivity index (χ0v) is 9.32. The van der Waals surface area contributed by atoms with E-state index in [1.807, 2.05) is 0 Å². The SMILES string of the molecule is CC(N)(c1cccnc1)c1cc(F)cc(F)c1. The molecular formula is C13H12F2N2. The summed E-state index contributed by atoms with van der Waals surface area (Å²) in [5.74, 6) is -1.28. The van der Waals surface area contributed by atoms with Crippen LogP contribution in [0.3, 0.4) is 0 Å². The van der Waals surface area contributed by atoms with Crippen molar-refractivity contribution >= 4 is 0 Å². The van der Waals surface area contributed by atoms with Gasteiger partial charge in [0.25, 0.3) is 0 Å². The van der Waals surface area contributed by atoms with Crippen LogP contribution in [0.2, 0.25) is 0 Å². The van der Waals surface area contributed by atoms with E-state index in [4.69, 9.17) is 5.73 Å². The smallest absolute Gasteiger partial charge is 0.126 e. The molecule has 0 saturated heterocycles. The predicted octanol–water partition coefficient (Wildman–Crippen LogP) is 2.58. The van der Waals surface area contributed by atoms with Crippen molar-refractivity contribution in [2.24, 2.45) is 5.73 Å². The zero-order valence-electron chi connectivity index (χ0n) is 9.32. The third-order valence-corrected chi connectivity index (χ3v) is 2.72. The van der Waals surface area contributed by atoms with Crippen LogP contribution >= 0.6 is 0 Å². The number of aromatic nitrogens is 1. The molecule has 1 aromatic heterocycles. The number of rotatable bonds is 2. The summed E-state index contributed by atoms with van der Waals surface area (Å²) >= 11 is 0. The van der Waals surface area contributed by atoms with Gasteiger partial charge in [0.05, 0.1) is 5.54 Å². The van der Waals surface area contributed by atoms with Gasteiger partial charge >= 0.3 is 0 Å². The second kappa shape index (κ2) is 4.22. The molecule has 0 aliphatic heterocycles. The molecule has 2 aromatic rings. The van der Waals surface area contributed by atoms with E-state index < -0.39 is 17.2 Å². The van der Waals surface area contributed by atoms with E-state index in [0.29, 0.717) is 11.1 Å². The highest BCUT2D eigenvalue weighted by molar-refractivity contribution is 5.35. The van der Waals surface area contributed by atoms with Crippen molar-refractivity contribution in [3.05, 3.63) is 65.5 Å². The van der Waals surface area contributed by atoms with Gasteiger partial charge in [0.15, 0.2) is 0 Å². The molecule has 0 aliphatic carbocycles. The average Bonchev–Trinajstić information content (AvgIpc) is 2.29. The second-order valence-electron chi connectivity index (χ2n) is 4.10. The normalized spacial score (nSPS) is 14.4. The maximum Gasteiger partial charge on any atom is 0.126 e. The Morgan fingerprint density at radius 2 is 1.76 bits per heavy atom. The van der Waals surface area contributed by atoms with Crippen molar-refractivity contribution in [2.45, 2.75) is 12.5 Å². The van der Waals surface area contributed by atoms with Crippen LogP contribution in [0, 0.1) is 11.6 Å². The molecule has 1 unspecified atom stereocenters. The van der Waals surface area contributed by atoms with Crippen molar-refractivity contribution in [1.29, 1.82) is 0 Å². The van der Waals surface area contributed by atoms with E-state index in [-0.39, 0.29) is 0 Å². The van der Waals surface area contributed by atoms with Crippen LogP contribution in [0.5, 0.6) is 0 Å². The van der Waals surface area contributed by atoms with Gasteiger partial charge in [-0.2, -0.15) is 0 Å². The summed E-state index contributed by atoms with van der Waals surface area (Å²) in [6.45, 7) is 1.69. The van der Waals surface area contributed by atoms with E-state index in [2.05, 4.69) is 4.98 Å². The van der Waals surface area contributed by atoms with Crippen LogP contribution < -0.4 is 5.73 Å². The van der Waals surface area contributed by atoms with Crippen LogP contribution in [-0.2, 0) is 5.54 Å². The largest absolute Gasteiger partial charge is 0.318 e. The molecule has 1 heterocycles. The fourth-order valence-corrected chi connectivity index (χ4v) is 1.69. The number of halogens is 2. The quantitative estimate of drug-likeness (QED) is 0.867. The Labute approximate surface area is 98.1 Å². The fraction of sp³-hybridized carbons (Fsp3) is 0.154. The van der Waals surface area contributed by atoms with Gasteiger partial charge in [-0.15, -0.1) is 0 Å². The third-order valence-electron chi connectivity index (χ3n) is 2.72. The van der Waals surface area contributed by atoms with Gasteiger partial charge in [-0.25, -0.2) is 8.78 Å². The van der Waals surface area contributed by atoms with Gasteiger partial charge < -0.3 is 5.73 Å². The van der Waals surface area contributed by atoms with Gasteiger partial charge in [0, 0.05) is 18.5 Å². The van der Waals surface area contributed by atoms with E-state index in [0.717, 1.165) is 6.07 Å². The monoisotopic (exact) mass is 234 g/mol. The number of pyridine rings is 1. The molecule has 0 saturated carbocycles. The topological polar surface area (TPSA) is 38.9 Å². The molecule has 0 spiro atoms. The van der Waals surface area contributed by atoms with Crippen LogP contribution in [0.4, 0.5) is 8.78 Å². The Kier molecular flexibility index (Phi) is 2.90. The highest BCUT2D eigenvalue weighted by atomic mass is 19.1. The summed E-state index contributed by atoms with van der Waals surface area (Å²) in [5.41, 5.74) is 6.23. The maximum atomic E-state index is 13.2. The molecule has 0 aliphatic rings. The average molecular weight is 234 g/mol. The maximum absolute atomic E-state index is 13.2. The van der Waals surface area contributed by atoms with Crippen molar-refractivity contribution < 1.29 is 8.78 Å². The van der Waals surface area contributed by atoms with E-state index in [1.165, 1.54) is 12.1 Å². The molecule has 1 aromatic carbocycles. The minimum absolute atomic E-state index is 0.378. The third kappa shape index (κ3) is 2.31. The lowest BCUT2D eigenvalue weighted by Gasteiger charge is -2.25. The second-order valence-corrected chi connectivity index (χ2v) is 4.10. The molecule has 0 fully saturated rings. The molecule has 88 valence electrons. The van der Waals surface area contributed by atoms with Crippen LogP contribution in [0.25, 0.3) is 0 Å². The number of hydrogen-bond acceptors (Lipinski definition) is 2. The Bertz CT molecular complexity index is 504. The van der Waals surface area contributed by atoms with Crippen molar-refractivity contribution in [2.75, 3.05) is 0 Å². The number of nitrogens with two attached hydrogens (primary N) is 1. The zero-order chi connectivity index (χ0) is 12.5. The summed E-state index contributed by atoms with van der Waals surface area (Å²) in [6.07, 6.45) is 3.20. The first-order valence-corrected chi connectivity index (χ1v) is 5.16. The first-order valence-electron chi connectivity index (χ1n) is 5.16. The van der Waals surface area contributed by atoms with Crippen LogP contribution in [0.1, 0.15) is 18.1 Å². The van der Waals surface area contributed by atoms with Gasteiger partial charge in [-0.1, -0.05) is 6.07 Å². The summed E-state index contributed by atoms with van der Waals surface area (Å²) in [5, 5.41) is 0. The molecule has 4 heteroatoms. The Morgan fingerprint density at radius 3 is 2.29 bits per heavy atom. The number of nitrogens with zero attached hydrogens (tertiary/aromatic N) is 1. The number of hydrogen-bond donors (Lipinski definition) is 1.